The van der Waals surface area contributed by atoms with E-state index in [0.717, 1.165) is 17.7 Å². The van der Waals surface area contributed by atoms with Gasteiger partial charge in [-0.05, 0) is 18.2 Å². The summed E-state index contributed by atoms with van der Waals surface area (Å²) in [6.45, 7) is 1.50. The summed E-state index contributed by atoms with van der Waals surface area (Å²) in [5.41, 5.74) is 2.55. The van der Waals surface area contributed by atoms with Crippen LogP contribution in [-0.2, 0) is 6.54 Å². The van der Waals surface area contributed by atoms with Crippen molar-refractivity contribution in [3.05, 3.63) is 59.4 Å². The zero-order chi connectivity index (χ0) is 12.4. The Morgan fingerprint density at radius 3 is 2.67 bits per heavy atom. The first kappa shape index (κ1) is 10.7. The molecule has 3 nitrogen and oxygen atoms in total. The van der Waals surface area contributed by atoms with Crippen LogP contribution in [0.1, 0.15) is 21.6 Å². The maximum absolute atomic E-state index is 11.6. The van der Waals surface area contributed by atoms with Crippen LogP contribution in [0.25, 0.3) is 0 Å². The van der Waals surface area contributed by atoms with Gasteiger partial charge in [-0.2, -0.15) is 0 Å². The van der Waals surface area contributed by atoms with E-state index >= 15 is 0 Å². The highest BCUT2D eigenvalue weighted by Gasteiger charge is 2.16. The molecule has 0 saturated carbocycles. The minimum Gasteiger partial charge on any atom is -0.349 e. The second kappa shape index (κ2) is 4.42. The summed E-state index contributed by atoms with van der Waals surface area (Å²) in [4.78, 5) is 11.6. The van der Waals surface area contributed by atoms with Gasteiger partial charge in [0.1, 0.15) is 5.69 Å². The quantitative estimate of drug-likeness (QED) is 0.693. The van der Waals surface area contributed by atoms with Gasteiger partial charge < -0.3 is 9.88 Å². The first-order valence-electron chi connectivity index (χ1n) is 5.88. The van der Waals surface area contributed by atoms with Crippen LogP contribution in [0.2, 0.25) is 0 Å². The van der Waals surface area contributed by atoms with Crippen LogP contribution < -0.4 is 5.32 Å². The third kappa shape index (κ3) is 2.01. The Balaban J connectivity index is 1.91. The zero-order valence-electron chi connectivity index (χ0n) is 9.81. The molecule has 1 amide bonds. The molecule has 1 aromatic heterocycles. The molecule has 1 aliphatic rings. The molecule has 0 bridgehead atoms. The Bertz CT molecular complexity index is 644. The lowest BCUT2D eigenvalue weighted by Gasteiger charge is -2.14. The first-order valence-corrected chi connectivity index (χ1v) is 5.88. The number of amides is 1. The van der Waals surface area contributed by atoms with Crippen LogP contribution in [0.15, 0.2) is 42.6 Å². The molecule has 1 aromatic carbocycles. The van der Waals surface area contributed by atoms with Crippen LogP contribution in [0, 0.1) is 11.8 Å². The van der Waals surface area contributed by atoms with Gasteiger partial charge in [-0.3, -0.25) is 4.79 Å². The standard InChI is InChI=1S/C15H12N2O/c18-15-14-10-13(11-17(14)9-8-16-15)7-6-12-4-2-1-3-5-12/h1-5,10-11H,8-9H2,(H,16,18). The van der Waals surface area contributed by atoms with Gasteiger partial charge in [0.05, 0.1) is 0 Å². The molecule has 0 saturated heterocycles. The molecule has 2 aromatic rings. The van der Waals surface area contributed by atoms with Gasteiger partial charge in [-0.1, -0.05) is 30.0 Å². The lowest BCUT2D eigenvalue weighted by molar-refractivity contribution is 0.0928. The molecule has 2 heterocycles. The molecule has 0 atom stereocenters. The molecule has 3 heteroatoms. The number of hydrogen-bond acceptors (Lipinski definition) is 1. The average molecular weight is 236 g/mol. The Morgan fingerprint density at radius 2 is 1.89 bits per heavy atom. The lowest BCUT2D eigenvalue weighted by Crippen LogP contribution is -2.34. The zero-order valence-corrected chi connectivity index (χ0v) is 9.81. The van der Waals surface area contributed by atoms with E-state index in [1.165, 1.54) is 0 Å². The summed E-state index contributed by atoms with van der Waals surface area (Å²) in [7, 11) is 0. The summed E-state index contributed by atoms with van der Waals surface area (Å²) in [5.74, 6) is 6.16. The number of rotatable bonds is 0. The number of fused-ring (bicyclic) bond motifs is 1. The van der Waals surface area contributed by atoms with Crippen molar-refractivity contribution in [1.29, 1.82) is 0 Å². The van der Waals surface area contributed by atoms with E-state index in [2.05, 4.69) is 17.2 Å². The molecule has 3 rings (SSSR count). The maximum Gasteiger partial charge on any atom is 0.268 e. The van der Waals surface area contributed by atoms with E-state index in [1.807, 2.05) is 47.2 Å². The molecule has 0 unspecified atom stereocenters. The average Bonchev–Trinajstić information content (AvgIpc) is 2.82. The summed E-state index contributed by atoms with van der Waals surface area (Å²) in [6, 6.07) is 11.7. The van der Waals surface area contributed by atoms with Crippen molar-refractivity contribution in [2.24, 2.45) is 0 Å². The lowest BCUT2D eigenvalue weighted by atomic mass is 10.2. The molecule has 0 spiro atoms. The third-order valence-electron chi connectivity index (χ3n) is 2.89. The minimum atomic E-state index is -0.0194. The Kier molecular flexibility index (Phi) is 2.62. The number of carbonyl (C=O) groups is 1. The van der Waals surface area contributed by atoms with Crippen molar-refractivity contribution in [2.45, 2.75) is 6.54 Å². The normalized spacial score (nSPS) is 13.2. The van der Waals surface area contributed by atoms with E-state index in [-0.39, 0.29) is 5.91 Å². The van der Waals surface area contributed by atoms with Crippen LogP contribution >= 0.6 is 0 Å². The molecular formula is C15H12N2O. The topological polar surface area (TPSA) is 34.0 Å². The van der Waals surface area contributed by atoms with E-state index in [0.29, 0.717) is 12.2 Å². The van der Waals surface area contributed by atoms with E-state index in [1.54, 1.807) is 0 Å². The second-order valence-electron chi connectivity index (χ2n) is 4.18. The van der Waals surface area contributed by atoms with Gasteiger partial charge in [0.25, 0.3) is 5.91 Å². The van der Waals surface area contributed by atoms with Crippen molar-refractivity contribution >= 4 is 5.91 Å². The van der Waals surface area contributed by atoms with Gasteiger partial charge in [-0.25, -0.2) is 0 Å². The fourth-order valence-corrected chi connectivity index (χ4v) is 2.00. The molecule has 18 heavy (non-hydrogen) atoms. The van der Waals surface area contributed by atoms with Crippen molar-refractivity contribution in [1.82, 2.24) is 9.88 Å². The second-order valence-corrected chi connectivity index (χ2v) is 4.18. The third-order valence-corrected chi connectivity index (χ3v) is 2.89. The van der Waals surface area contributed by atoms with Gasteiger partial charge in [0.2, 0.25) is 0 Å². The van der Waals surface area contributed by atoms with Crippen LogP contribution in [0.3, 0.4) is 0 Å². The monoisotopic (exact) mass is 236 g/mol. The highest BCUT2D eigenvalue weighted by Crippen LogP contribution is 2.11. The first-order chi connectivity index (χ1) is 8.83. The summed E-state index contributed by atoms with van der Waals surface area (Å²) >= 11 is 0. The predicted molar refractivity (Wildman–Crippen MR) is 69.2 cm³/mol. The number of benzene rings is 1. The van der Waals surface area contributed by atoms with Crippen LogP contribution in [0.4, 0.5) is 0 Å². The summed E-state index contributed by atoms with van der Waals surface area (Å²) < 4.78 is 1.95. The van der Waals surface area contributed by atoms with Crippen molar-refractivity contribution in [3.63, 3.8) is 0 Å². The largest absolute Gasteiger partial charge is 0.349 e. The fourth-order valence-electron chi connectivity index (χ4n) is 2.00. The highest BCUT2D eigenvalue weighted by molar-refractivity contribution is 5.93. The number of hydrogen-bond donors (Lipinski definition) is 1. The fraction of sp³-hybridized carbons (Fsp3) is 0.133. The van der Waals surface area contributed by atoms with Gasteiger partial charge in [0, 0.05) is 30.4 Å². The molecule has 88 valence electrons. The van der Waals surface area contributed by atoms with Gasteiger partial charge >= 0.3 is 0 Å². The van der Waals surface area contributed by atoms with E-state index < -0.39 is 0 Å². The summed E-state index contributed by atoms with van der Waals surface area (Å²) in [6.07, 6.45) is 1.93. The van der Waals surface area contributed by atoms with Crippen LogP contribution in [-0.4, -0.2) is 17.0 Å². The van der Waals surface area contributed by atoms with Gasteiger partial charge in [-0.15, -0.1) is 0 Å². The summed E-state index contributed by atoms with van der Waals surface area (Å²) in [5, 5.41) is 2.82. The molecule has 0 fully saturated rings. The SMILES string of the molecule is O=C1NCCn2cc(C#Cc3ccccc3)cc21. The Morgan fingerprint density at radius 1 is 1.11 bits per heavy atom. The Hall–Kier alpha value is -2.47. The number of nitrogens with one attached hydrogen (secondary N) is 1. The number of nitrogens with zero attached hydrogens (tertiary/aromatic N) is 1. The Labute approximate surface area is 105 Å². The highest BCUT2D eigenvalue weighted by atomic mass is 16.2. The van der Waals surface area contributed by atoms with E-state index in [9.17, 15) is 4.79 Å². The van der Waals surface area contributed by atoms with Crippen molar-refractivity contribution in [2.75, 3.05) is 6.54 Å². The van der Waals surface area contributed by atoms with Gasteiger partial charge in [0.15, 0.2) is 0 Å². The number of aromatic nitrogens is 1. The molecular weight excluding hydrogens is 224 g/mol. The number of carbonyl (C=O) groups excluding carboxylic acids is 1. The van der Waals surface area contributed by atoms with Crippen molar-refractivity contribution < 1.29 is 4.79 Å². The molecule has 1 aliphatic heterocycles. The minimum absolute atomic E-state index is 0.0194. The van der Waals surface area contributed by atoms with Crippen LogP contribution in [0.5, 0.6) is 0 Å². The van der Waals surface area contributed by atoms with E-state index in [4.69, 9.17) is 0 Å². The smallest absolute Gasteiger partial charge is 0.268 e. The molecule has 0 aliphatic carbocycles. The molecule has 1 N–H and O–H groups in total. The van der Waals surface area contributed by atoms with Crippen molar-refractivity contribution in [3.8, 4) is 11.8 Å². The predicted octanol–water partition coefficient (Wildman–Crippen LogP) is 1.63. The maximum atomic E-state index is 11.6. The molecule has 0 radical (unpaired) electrons.